The number of ketones is 1. The van der Waals surface area contributed by atoms with Crippen LogP contribution in [0.15, 0.2) is 0 Å². The van der Waals surface area contributed by atoms with Crippen LogP contribution in [-0.4, -0.2) is 35.5 Å². The summed E-state index contributed by atoms with van der Waals surface area (Å²) in [7, 11) is 1.63. The molecule has 0 radical (unpaired) electrons. The molecule has 0 bridgehead atoms. The van der Waals surface area contributed by atoms with Gasteiger partial charge in [0.05, 0.1) is 6.04 Å². The number of hydrogen-bond donors (Lipinski definition) is 0. The zero-order valence-corrected chi connectivity index (χ0v) is 12.2. The fraction of sp³-hybridized carbons (Fsp3) is 0.857. The zero-order valence-electron chi connectivity index (χ0n) is 12.2. The van der Waals surface area contributed by atoms with Crippen LogP contribution in [0.2, 0.25) is 0 Å². The van der Waals surface area contributed by atoms with Gasteiger partial charge in [0.15, 0.2) is 5.78 Å². The van der Waals surface area contributed by atoms with Gasteiger partial charge < -0.3 is 9.64 Å². The molecule has 1 rings (SSSR count). The molecule has 0 N–H and O–H groups in total. The van der Waals surface area contributed by atoms with Crippen molar-refractivity contribution in [2.24, 2.45) is 5.92 Å². The van der Waals surface area contributed by atoms with Gasteiger partial charge in [0, 0.05) is 13.0 Å². The van der Waals surface area contributed by atoms with Crippen LogP contribution in [0.5, 0.6) is 0 Å². The van der Waals surface area contributed by atoms with E-state index < -0.39 is 17.7 Å². The van der Waals surface area contributed by atoms with Gasteiger partial charge >= 0.3 is 6.09 Å². The van der Waals surface area contributed by atoms with Crippen molar-refractivity contribution in [3.63, 3.8) is 0 Å². The maximum Gasteiger partial charge on any atom is 0.410 e. The minimum atomic E-state index is -0.526. The van der Waals surface area contributed by atoms with Crippen molar-refractivity contribution in [2.75, 3.05) is 7.05 Å². The van der Waals surface area contributed by atoms with Gasteiger partial charge in [0.2, 0.25) is 0 Å². The lowest BCUT2D eigenvalue weighted by atomic mass is 9.97. The van der Waals surface area contributed by atoms with E-state index in [0.29, 0.717) is 0 Å². The minimum Gasteiger partial charge on any atom is -0.444 e. The number of likely N-dealkylation sites (N-methyl/N-ethyl adjacent to an activating group) is 1. The van der Waals surface area contributed by atoms with Gasteiger partial charge in [-0.15, -0.1) is 0 Å². The number of nitrogens with zero attached hydrogens (tertiary/aromatic N) is 1. The number of carbonyl (C=O) groups excluding carboxylic acids is 2. The molecule has 1 atom stereocenters. The summed E-state index contributed by atoms with van der Waals surface area (Å²) in [6, 6.07) is -0.400. The second-order valence-electron chi connectivity index (χ2n) is 6.15. The molecule has 4 heteroatoms. The Bertz CT molecular complexity index is 313. The van der Waals surface area contributed by atoms with E-state index in [0.717, 1.165) is 25.7 Å². The molecule has 0 spiro atoms. The Balaban J connectivity index is 2.56. The predicted octanol–water partition coefficient (Wildman–Crippen LogP) is 3.00. The minimum absolute atomic E-state index is 0.130. The quantitative estimate of drug-likeness (QED) is 0.778. The van der Waals surface area contributed by atoms with Crippen LogP contribution < -0.4 is 0 Å². The smallest absolute Gasteiger partial charge is 0.410 e. The average molecular weight is 255 g/mol. The predicted molar refractivity (Wildman–Crippen MR) is 70.4 cm³/mol. The third-order valence-corrected chi connectivity index (χ3v) is 3.43. The summed E-state index contributed by atoms with van der Waals surface area (Å²) in [5.74, 6) is 0.297. The van der Waals surface area contributed by atoms with Crippen molar-refractivity contribution in [2.45, 2.75) is 65.0 Å². The Morgan fingerprint density at radius 3 is 2.17 bits per heavy atom. The molecule has 1 saturated carbocycles. The van der Waals surface area contributed by atoms with Crippen LogP contribution >= 0.6 is 0 Å². The van der Waals surface area contributed by atoms with Crippen LogP contribution in [0, 0.1) is 5.92 Å². The van der Waals surface area contributed by atoms with Crippen molar-refractivity contribution in [1.29, 1.82) is 0 Å². The first-order valence-electron chi connectivity index (χ1n) is 6.72. The van der Waals surface area contributed by atoms with E-state index in [1.54, 1.807) is 14.0 Å². The first-order valence-corrected chi connectivity index (χ1v) is 6.72. The van der Waals surface area contributed by atoms with Crippen molar-refractivity contribution in [3.8, 4) is 0 Å². The van der Waals surface area contributed by atoms with E-state index in [-0.39, 0.29) is 11.7 Å². The Hall–Kier alpha value is -1.06. The van der Waals surface area contributed by atoms with E-state index >= 15 is 0 Å². The first-order chi connectivity index (χ1) is 8.22. The number of Topliss-reactive ketones (excluding diaryl/α,β-unsaturated/α-hetero) is 1. The Kier molecular flexibility index (Phi) is 4.77. The van der Waals surface area contributed by atoms with Crippen LogP contribution in [0.25, 0.3) is 0 Å². The third-order valence-electron chi connectivity index (χ3n) is 3.43. The fourth-order valence-electron chi connectivity index (χ4n) is 2.23. The van der Waals surface area contributed by atoms with Crippen molar-refractivity contribution in [3.05, 3.63) is 0 Å². The van der Waals surface area contributed by atoms with Crippen LogP contribution in [-0.2, 0) is 9.53 Å². The largest absolute Gasteiger partial charge is 0.444 e. The van der Waals surface area contributed by atoms with E-state index in [2.05, 4.69) is 0 Å². The standard InChI is InChI=1S/C14H25NO3/c1-10(12(16)11-8-6-7-9-11)15(5)13(17)18-14(2,3)4/h10-11H,6-9H2,1-5H3/t10-/m0/s1. The molecular weight excluding hydrogens is 230 g/mol. The molecule has 1 fully saturated rings. The van der Waals surface area contributed by atoms with E-state index in [1.807, 2.05) is 20.8 Å². The van der Waals surface area contributed by atoms with Crippen LogP contribution in [0.1, 0.15) is 53.4 Å². The summed E-state index contributed by atoms with van der Waals surface area (Å²) >= 11 is 0. The second kappa shape index (κ2) is 5.72. The van der Waals surface area contributed by atoms with Crippen LogP contribution in [0.3, 0.4) is 0 Å². The molecule has 0 aromatic heterocycles. The molecule has 1 aliphatic carbocycles. The van der Waals surface area contributed by atoms with Gasteiger partial charge in [0.1, 0.15) is 5.60 Å². The lowest BCUT2D eigenvalue weighted by Crippen LogP contribution is -2.44. The van der Waals surface area contributed by atoms with E-state index in [4.69, 9.17) is 4.74 Å². The molecule has 104 valence electrons. The summed E-state index contributed by atoms with van der Waals surface area (Å²) < 4.78 is 5.27. The highest BCUT2D eigenvalue weighted by atomic mass is 16.6. The number of carbonyl (C=O) groups is 2. The monoisotopic (exact) mass is 255 g/mol. The van der Waals surface area contributed by atoms with Gasteiger partial charge in [-0.2, -0.15) is 0 Å². The lowest BCUT2D eigenvalue weighted by Gasteiger charge is -2.29. The molecule has 1 aliphatic rings. The van der Waals surface area contributed by atoms with Gasteiger partial charge in [-0.25, -0.2) is 4.79 Å². The molecule has 0 saturated heterocycles. The summed E-state index contributed by atoms with van der Waals surface area (Å²) in [6.07, 6.45) is 3.75. The highest BCUT2D eigenvalue weighted by molar-refractivity contribution is 5.89. The van der Waals surface area contributed by atoms with E-state index in [9.17, 15) is 9.59 Å². The number of hydrogen-bond acceptors (Lipinski definition) is 3. The number of amides is 1. The molecule has 1 amide bonds. The zero-order chi connectivity index (χ0) is 13.9. The van der Waals surface area contributed by atoms with E-state index in [1.165, 1.54) is 4.90 Å². The van der Waals surface area contributed by atoms with Crippen molar-refractivity contribution < 1.29 is 14.3 Å². The summed E-state index contributed by atoms with van der Waals surface area (Å²) in [5, 5.41) is 0. The summed E-state index contributed by atoms with van der Waals surface area (Å²) in [5.41, 5.74) is -0.526. The maximum atomic E-state index is 12.2. The highest BCUT2D eigenvalue weighted by Gasteiger charge is 2.32. The molecule has 0 unspecified atom stereocenters. The highest BCUT2D eigenvalue weighted by Crippen LogP contribution is 2.27. The molecule has 0 aromatic rings. The SMILES string of the molecule is C[C@@H](C(=O)C1CCCC1)N(C)C(=O)OC(C)(C)C. The second-order valence-corrected chi connectivity index (χ2v) is 6.15. The molecule has 18 heavy (non-hydrogen) atoms. The summed E-state index contributed by atoms with van der Waals surface area (Å²) in [4.78, 5) is 25.5. The lowest BCUT2D eigenvalue weighted by molar-refractivity contribution is -0.127. The average Bonchev–Trinajstić information content (AvgIpc) is 2.77. The van der Waals surface area contributed by atoms with Gasteiger partial charge in [-0.05, 0) is 40.5 Å². The molecule has 0 aromatic carbocycles. The molecule has 0 heterocycles. The number of rotatable bonds is 3. The normalized spacial score (nSPS) is 18.5. The van der Waals surface area contributed by atoms with Crippen molar-refractivity contribution >= 4 is 11.9 Å². The van der Waals surface area contributed by atoms with Gasteiger partial charge in [0.25, 0.3) is 0 Å². The van der Waals surface area contributed by atoms with Crippen LogP contribution in [0.4, 0.5) is 4.79 Å². The van der Waals surface area contributed by atoms with Crippen molar-refractivity contribution in [1.82, 2.24) is 4.90 Å². The Morgan fingerprint density at radius 2 is 1.72 bits per heavy atom. The Morgan fingerprint density at radius 1 is 1.22 bits per heavy atom. The van der Waals surface area contributed by atoms with Gasteiger partial charge in [-0.1, -0.05) is 12.8 Å². The molecule has 4 nitrogen and oxygen atoms in total. The summed E-state index contributed by atoms with van der Waals surface area (Å²) in [6.45, 7) is 7.25. The number of ether oxygens (including phenoxy) is 1. The third kappa shape index (κ3) is 4.00. The molecular formula is C14H25NO3. The van der Waals surface area contributed by atoms with Gasteiger partial charge in [-0.3, -0.25) is 4.79 Å². The Labute approximate surface area is 110 Å². The molecule has 0 aliphatic heterocycles. The topological polar surface area (TPSA) is 46.6 Å². The first kappa shape index (κ1) is 15.0. The maximum absolute atomic E-state index is 12.2. The fourth-order valence-corrected chi connectivity index (χ4v) is 2.23.